The van der Waals surface area contributed by atoms with Crippen molar-refractivity contribution in [2.75, 3.05) is 11.9 Å². The number of anilines is 1. The first-order chi connectivity index (χ1) is 13.1. The van der Waals surface area contributed by atoms with Crippen molar-refractivity contribution in [3.8, 4) is 0 Å². The fourth-order valence-corrected chi connectivity index (χ4v) is 3.03. The summed E-state index contributed by atoms with van der Waals surface area (Å²) >= 11 is 0. The summed E-state index contributed by atoms with van der Waals surface area (Å²) in [7, 11) is 0. The molecule has 2 heterocycles. The number of urea groups is 1. The van der Waals surface area contributed by atoms with Crippen molar-refractivity contribution in [1.29, 1.82) is 0 Å². The molecule has 0 saturated heterocycles. The minimum absolute atomic E-state index is 0.113. The van der Waals surface area contributed by atoms with E-state index in [1.165, 1.54) is 0 Å². The van der Waals surface area contributed by atoms with E-state index >= 15 is 0 Å². The molecule has 1 unspecified atom stereocenters. The van der Waals surface area contributed by atoms with Crippen LogP contribution in [-0.4, -0.2) is 33.8 Å². The first-order valence-electron chi connectivity index (χ1n) is 9.19. The molecule has 27 heavy (non-hydrogen) atoms. The van der Waals surface area contributed by atoms with Gasteiger partial charge in [-0.05, 0) is 18.9 Å². The van der Waals surface area contributed by atoms with Gasteiger partial charge in [-0.15, -0.1) is 0 Å². The Morgan fingerprint density at radius 1 is 1.33 bits per heavy atom. The van der Waals surface area contributed by atoms with E-state index in [0.717, 1.165) is 29.7 Å². The first kappa shape index (κ1) is 18.8. The highest BCUT2D eigenvalue weighted by Gasteiger charge is 2.35. The molecular weight excluding hydrogens is 346 g/mol. The van der Waals surface area contributed by atoms with Crippen molar-refractivity contribution in [2.45, 2.75) is 45.9 Å². The van der Waals surface area contributed by atoms with Gasteiger partial charge in [0.2, 0.25) is 0 Å². The van der Waals surface area contributed by atoms with Crippen LogP contribution < -0.4 is 10.6 Å². The topological polar surface area (TPSA) is 99.3 Å². The maximum absolute atomic E-state index is 12.4. The van der Waals surface area contributed by atoms with Gasteiger partial charge in [0.15, 0.2) is 5.82 Å². The van der Waals surface area contributed by atoms with Crippen molar-refractivity contribution in [3.63, 3.8) is 0 Å². The van der Waals surface area contributed by atoms with Crippen LogP contribution in [0.4, 0.5) is 15.4 Å². The molecule has 0 saturated carbocycles. The van der Waals surface area contributed by atoms with Gasteiger partial charge in [0.25, 0.3) is 0 Å². The molecule has 0 aliphatic carbocycles. The smallest absolute Gasteiger partial charge is 0.413 e. The number of fused-ring (bicyclic) bond motifs is 1. The molecule has 3 amide bonds. The summed E-state index contributed by atoms with van der Waals surface area (Å²) in [4.78, 5) is 26.2. The number of benzene rings is 1. The average Bonchev–Trinajstić information content (AvgIpc) is 3.22. The van der Waals surface area contributed by atoms with E-state index in [2.05, 4.69) is 27.8 Å². The van der Waals surface area contributed by atoms with Crippen LogP contribution in [0.2, 0.25) is 0 Å². The summed E-state index contributed by atoms with van der Waals surface area (Å²) in [5.74, 6) is 0.402. The zero-order valence-corrected chi connectivity index (χ0v) is 15.6. The van der Waals surface area contributed by atoms with Crippen LogP contribution in [0.3, 0.4) is 0 Å². The highest BCUT2D eigenvalue weighted by atomic mass is 16.5. The molecule has 1 atom stereocenters. The summed E-state index contributed by atoms with van der Waals surface area (Å²) in [5, 5.41) is 12.7. The number of nitrogens with zero attached hydrogens (tertiary/aromatic N) is 2. The molecule has 3 N–H and O–H groups in total. The van der Waals surface area contributed by atoms with E-state index < -0.39 is 6.09 Å². The zero-order valence-electron chi connectivity index (χ0n) is 15.6. The Hall–Kier alpha value is -3.03. The Kier molecular flexibility index (Phi) is 5.95. The lowest BCUT2D eigenvalue weighted by molar-refractivity contribution is 0.155. The minimum Gasteiger partial charge on any atom is -0.444 e. The molecule has 1 aromatic carbocycles. The second-order valence-electron chi connectivity index (χ2n) is 6.54. The number of carbonyl (C=O) groups excluding carboxylic acids is 2. The molecule has 0 spiro atoms. The van der Waals surface area contributed by atoms with Crippen LogP contribution in [0.1, 0.15) is 49.6 Å². The number of hydrogen-bond acceptors (Lipinski definition) is 4. The van der Waals surface area contributed by atoms with Crippen LogP contribution in [0.15, 0.2) is 30.3 Å². The Morgan fingerprint density at radius 2 is 2.11 bits per heavy atom. The van der Waals surface area contributed by atoms with Crippen molar-refractivity contribution in [1.82, 2.24) is 20.4 Å². The minimum atomic E-state index is -0.577. The number of unbranched alkanes of at least 4 members (excludes halogenated alkanes) is 1. The molecule has 8 nitrogen and oxygen atoms in total. The predicted octanol–water partition coefficient (Wildman–Crippen LogP) is 3.54. The van der Waals surface area contributed by atoms with Crippen molar-refractivity contribution in [3.05, 3.63) is 47.2 Å². The fraction of sp³-hybridized carbons (Fsp3) is 0.421. The van der Waals surface area contributed by atoms with E-state index in [1.807, 2.05) is 37.3 Å². The van der Waals surface area contributed by atoms with Gasteiger partial charge in [-0.1, -0.05) is 43.7 Å². The first-order valence-corrected chi connectivity index (χ1v) is 9.19. The van der Waals surface area contributed by atoms with Crippen LogP contribution in [0, 0.1) is 0 Å². The summed E-state index contributed by atoms with van der Waals surface area (Å²) < 4.78 is 5.23. The summed E-state index contributed by atoms with van der Waals surface area (Å²) in [6, 6.07) is 9.20. The van der Waals surface area contributed by atoms with Crippen LogP contribution in [0.25, 0.3) is 0 Å². The van der Waals surface area contributed by atoms with E-state index in [-0.39, 0.29) is 18.7 Å². The van der Waals surface area contributed by atoms with Gasteiger partial charge in [0.05, 0.1) is 18.3 Å². The molecule has 0 bridgehead atoms. The Bertz CT molecular complexity index is 790. The van der Waals surface area contributed by atoms with Gasteiger partial charge in [-0.3, -0.25) is 10.4 Å². The predicted molar refractivity (Wildman–Crippen MR) is 101 cm³/mol. The zero-order chi connectivity index (χ0) is 19.2. The second-order valence-corrected chi connectivity index (χ2v) is 6.54. The average molecular weight is 371 g/mol. The Labute approximate surface area is 158 Å². The molecule has 1 aliphatic rings. The van der Waals surface area contributed by atoms with Gasteiger partial charge in [-0.25, -0.2) is 9.59 Å². The number of rotatable bonds is 6. The molecular formula is C19H25N5O3. The summed E-state index contributed by atoms with van der Waals surface area (Å²) in [6.07, 6.45) is 1.39. The normalized spacial score (nSPS) is 15.3. The van der Waals surface area contributed by atoms with Crippen LogP contribution in [0.5, 0.6) is 0 Å². The number of H-pyrrole nitrogens is 1. The SMILES string of the molecule is CCCCNC(=O)N1Cc2c(NC(=O)OCc3ccccc3)n[nH]c2C1C. The van der Waals surface area contributed by atoms with Crippen LogP contribution in [-0.2, 0) is 17.9 Å². The lowest BCUT2D eigenvalue weighted by Gasteiger charge is -2.22. The lowest BCUT2D eigenvalue weighted by Crippen LogP contribution is -2.38. The number of ether oxygens (including phenoxy) is 1. The van der Waals surface area contributed by atoms with Gasteiger partial charge in [0.1, 0.15) is 6.61 Å². The largest absolute Gasteiger partial charge is 0.444 e. The summed E-state index contributed by atoms with van der Waals surface area (Å²) in [5.41, 5.74) is 2.55. The third-order valence-corrected chi connectivity index (χ3v) is 4.61. The van der Waals surface area contributed by atoms with E-state index in [0.29, 0.717) is 18.9 Å². The maximum Gasteiger partial charge on any atom is 0.413 e. The number of carbonyl (C=O) groups is 2. The van der Waals surface area contributed by atoms with Gasteiger partial charge < -0.3 is 15.0 Å². The molecule has 1 aromatic heterocycles. The standard InChI is InChI=1S/C19H25N5O3/c1-3-4-10-20-18(25)24-11-15-16(13(24)2)22-23-17(15)21-19(26)27-12-14-8-6-5-7-9-14/h5-9,13H,3-4,10-12H2,1-2H3,(H,20,25)(H2,21,22,23,26). The Morgan fingerprint density at radius 3 is 2.85 bits per heavy atom. The molecule has 144 valence electrons. The van der Waals surface area contributed by atoms with Gasteiger partial charge in [-0.2, -0.15) is 5.10 Å². The van der Waals surface area contributed by atoms with Gasteiger partial charge >= 0.3 is 12.1 Å². The van der Waals surface area contributed by atoms with E-state index in [1.54, 1.807) is 4.90 Å². The highest BCUT2D eigenvalue weighted by Crippen LogP contribution is 2.35. The summed E-state index contributed by atoms with van der Waals surface area (Å²) in [6.45, 7) is 5.24. The number of aromatic amines is 1. The molecule has 0 radical (unpaired) electrons. The molecule has 2 aromatic rings. The Balaban J connectivity index is 1.57. The van der Waals surface area contributed by atoms with E-state index in [4.69, 9.17) is 4.74 Å². The van der Waals surface area contributed by atoms with E-state index in [9.17, 15) is 9.59 Å². The molecule has 8 heteroatoms. The van der Waals surface area contributed by atoms with Gasteiger partial charge in [0, 0.05) is 12.1 Å². The highest BCUT2D eigenvalue weighted by molar-refractivity contribution is 5.85. The number of hydrogen-bond donors (Lipinski definition) is 3. The molecule has 3 rings (SSSR count). The number of aromatic nitrogens is 2. The number of amides is 3. The fourth-order valence-electron chi connectivity index (χ4n) is 3.03. The lowest BCUT2D eigenvalue weighted by atomic mass is 10.2. The van der Waals surface area contributed by atoms with Crippen molar-refractivity contribution < 1.29 is 14.3 Å². The number of nitrogens with one attached hydrogen (secondary N) is 3. The third-order valence-electron chi connectivity index (χ3n) is 4.61. The monoisotopic (exact) mass is 371 g/mol. The van der Waals surface area contributed by atoms with Crippen molar-refractivity contribution >= 4 is 17.9 Å². The third kappa shape index (κ3) is 4.39. The molecule has 1 aliphatic heterocycles. The second kappa shape index (κ2) is 8.57. The van der Waals surface area contributed by atoms with Crippen LogP contribution >= 0.6 is 0 Å². The van der Waals surface area contributed by atoms with Crippen molar-refractivity contribution in [2.24, 2.45) is 0 Å². The molecule has 0 fully saturated rings. The maximum atomic E-state index is 12.4. The quantitative estimate of drug-likeness (QED) is 0.676.